The molecule has 3 unspecified atom stereocenters. The number of quaternary nitrogens is 1. The summed E-state index contributed by atoms with van der Waals surface area (Å²) in [5.74, 6) is -0.929. The van der Waals surface area contributed by atoms with E-state index in [1.54, 1.807) is 0 Å². The van der Waals surface area contributed by atoms with Gasteiger partial charge in [0.05, 0.1) is 13.2 Å². The Labute approximate surface area is 143 Å². The molecule has 3 amide bonds. The molecule has 7 nitrogen and oxygen atoms in total. The Morgan fingerprint density at radius 1 is 1.38 bits per heavy atom. The number of rotatable bonds is 10. The van der Waals surface area contributed by atoms with Crippen LogP contribution >= 0.6 is 0 Å². The van der Waals surface area contributed by atoms with Gasteiger partial charge in [-0.2, -0.15) is 0 Å². The Morgan fingerprint density at radius 2 is 2.04 bits per heavy atom. The summed E-state index contributed by atoms with van der Waals surface area (Å²) < 4.78 is 5.30. The molecule has 3 atom stereocenters. The lowest BCUT2D eigenvalue weighted by molar-refractivity contribution is -0.422. The van der Waals surface area contributed by atoms with Crippen molar-refractivity contribution in [3.8, 4) is 0 Å². The standard InChI is InChI=1S/C17H29N3O4/c1-4-6-11(7-8-15(19)21)17(23)20-13(9-12(18)5-2)14(24-3)10-16(20)22/h10-13H,4-9,18H2,1-3H3,(H2,19,21)/p+1. The van der Waals surface area contributed by atoms with Gasteiger partial charge in [0.2, 0.25) is 11.8 Å². The highest BCUT2D eigenvalue weighted by molar-refractivity contribution is 6.04. The van der Waals surface area contributed by atoms with Gasteiger partial charge in [0.15, 0.2) is 0 Å². The average Bonchev–Trinajstić information content (AvgIpc) is 2.85. The molecule has 0 fully saturated rings. The van der Waals surface area contributed by atoms with E-state index in [2.05, 4.69) is 5.73 Å². The van der Waals surface area contributed by atoms with Crippen LogP contribution in [0.4, 0.5) is 0 Å². The number of ether oxygens (including phenoxy) is 1. The van der Waals surface area contributed by atoms with Crippen LogP contribution in [0.5, 0.6) is 0 Å². The summed E-state index contributed by atoms with van der Waals surface area (Å²) in [7, 11) is 1.50. The molecule has 0 spiro atoms. The van der Waals surface area contributed by atoms with Crippen LogP contribution in [-0.2, 0) is 19.1 Å². The van der Waals surface area contributed by atoms with Gasteiger partial charge in [-0.05, 0) is 19.3 Å². The van der Waals surface area contributed by atoms with Crippen LogP contribution in [0.3, 0.4) is 0 Å². The number of nitrogens with zero attached hydrogens (tertiary/aromatic N) is 1. The first-order valence-corrected chi connectivity index (χ1v) is 8.59. The maximum atomic E-state index is 12.9. The van der Waals surface area contributed by atoms with Crippen LogP contribution in [-0.4, -0.2) is 41.8 Å². The Morgan fingerprint density at radius 3 is 2.54 bits per heavy atom. The molecule has 1 aliphatic rings. The number of primary amides is 1. The lowest BCUT2D eigenvalue weighted by atomic mass is 9.94. The fourth-order valence-corrected chi connectivity index (χ4v) is 2.98. The van der Waals surface area contributed by atoms with Crippen LogP contribution in [0.15, 0.2) is 11.8 Å². The average molecular weight is 340 g/mol. The van der Waals surface area contributed by atoms with Gasteiger partial charge < -0.3 is 16.2 Å². The van der Waals surface area contributed by atoms with E-state index in [4.69, 9.17) is 10.5 Å². The van der Waals surface area contributed by atoms with E-state index in [0.717, 1.165) is 12.8 Å². The maximum Gasteiger partial charge on any atom is 0.257 e. The third-order valence-electron chi connectivity index (χ3n) is 4.48. The van der Waals surface area contributed by atoms with Gasteiger partial charge in [0, 0.05) is 24.8 Å². The summed E-state index contributed by atoms with van der Waals surface area (Å²) in [5.41, 5.74) is 9.26. The monoisotopic (exact) mass is 340 g/mol. The molecule has 24 heavy (non-hydrogen) atoms. The molecule has 0 saturated heterocycles. The first-order chi connectivity index (χ1) is 11.3. The molecule has 0 aromatic heterocycles. The number of carbonyl (C=O) groups excluding carboxylic acids is 3. The number of amides is 3. The minimum absolute atomic E-state index is 0.116. The highest BCUT2D eigenvalue weighted by Gasteiger charge is 2.41. The molecule has 0 aliphatic carbocycles. The highest BCUT2D eigenvalue weighted by atomic mass is 16.5. The topological polar surface area (TPSA) is 117 Å². The van der Waals surface area contributed by atoms with Gasteiger partial charge in [-0.3, -0.25) is 19.3 Å². The molecule has 0 saturated carbocycles. The van der Waals surface area contributed by atoms with E-state index in [0.29, 0.717) is 25.0 Å². The Balaban J connectivity index is 2.97. The van der Waals surface area contributed by atoms with Crippen molar-refractivity contribution < 1.29 is 24.9 Å². The Hall–Kier alpha value is -1.89. The molecule has 136 valence electrons. The normalized spacial score (nSPS) is 19.8. The number of nitrogens with two attached hydrogens (primary N) is 1. The second kappa shape index (κ2) is 9.42. The first-order valence-electron chi connectivity index (χ1n) is 8.59. The summed E-state index contributed by atoms with van der Waals surface area (Å²) in [5, 5.41) is 0. The lowest BCUT2D eigenvalue weighted by Gasteiger charge is -2.29. The van der Waals surface area contributed by atoms with Gasteiger partial charge in [0.1, 0.15) is 11.8 Å². The van der Waals surface area contributed by atoms with Crippen LogP contribution < -0.4 is 11.5 Å². The zero-order chi connectivity index (χ0) is 18.3. The number of hydrogen-bond acceptors (Lipinski definition) is 4. The Bertz CT molecular complexity index is 504. The summed E-state index contributed by atoms with van der Waals surface area (Å²) in [6, 6.07) is -0.296. The van der Waals surface area contributed by atoms with Crippen molar-refractivity contribution in [2.75, 3.05) is 7.11 Å². The van der Waals surface area contributed by atoms with E-state index < -0.39 is 11.9 Å². The lowest BCUT2D eigenvalue weighted by Crippen LogP contribution is -2.62. The second-order valence-electron chi connectivity index (χ2n) is 6.31. The molecule has 0 aromatic carbocycles. The van der Waals surface area contributed by atoms with Crippen molar-refractivity contribution in [3.05, 3.63) is 11.8 Å². The minimum atomic E-state index is -0.437. The maximum absolute atomic E-state index is 12.9. The van der Waals surface area contributed by atoms with Crippen LogP contribution in [0, 0.1) is 5.92 Å². The van der Waals surface area contributed by atoms with Gasteiger partial charge in [-0.1, -0.05) is 20.3 Å². The van der Waals surface area contributed by atoms with Crippen LogP contribution in [0.2, 0.25) is 0 Å². The van der Waals surface area contributed by atoms with Crippen molar-refractivity contribution >= 4 is 17.7 Å². The SMILES string of the molecule is CCCC(CCC(N)=O)C(=O)N1C(=O)C=C(OC)C1CC([NH3+])CC. The zero-order valence-corrected chi connectivity index (χ0v) is 14.9. The van der Waals surface area contributed by atoms with Crippen molar-refractivity contribution in [1.29, 1.82) is 0 Å². The molecule has 5 N–H and O–H groups in total. The molecule has 7 heteroatoms. The van der Waals surface area contributed by atoms with Crippen molar-refractivity contribution in [3.63, 3.8) is 0 Å². The molecule has 1 rings (SSSR count). The van der Waals surface area contributed by atoms with E-state index >= 15 is 0 Å². The molecule has 0 aromatic rings. The van der Waals surface area contributed by atoms with Crippen LogP contribution in [0.1, 0.15) is 52.4 Å². The summed E-state index contributed by atoms with van der Waals surface area (Å²) in [4.78, 5) is 37.6. The third kappa shape index (κ3) is 5.06. The molecule has 0 radical (unpaired) electrons. The molecule has 0 bridgehead atoms. The zero-order valence-electron chi connectivity index (χ0n) is 14.9. The number of methoxy groups -OCH3 is 1. The summed E-state index contributed by atoms with van der Waals surface area (Å²) in [6.45, 7) is 3.99. The second-order valence-corrected chi connectivity index (χ2v) is 6.31. The van der Waals surface area contributed by atoms with Gasteiger partial charge in [-0.15, -0.1) is 0 Å². The molecular weight excluding hydrogens is 310 g/mol. The summed E-state index contributed by atoms with van der Waals surface area (Å²) >= 11 is 0. The summed E-state index contributed by atoms with van der Waals surface area (Å²) in [6.07, 6.45) is 4.71. The van der Waals surface area contributed by atoms with E-state index in [1.807, 2.05) is 13.8 Å². The highest BCUT2D eigenvalue weighted by Crippen LogP contribution is 2.28. The third-order valence-corrected chi connectivity index (χ3v) is 4.48. The van der Waals surface area contributed by atoms with E-state index in [9.17, 15) is 14.4 Å². The quantitative estimate of drug-likeness (QED) is 0.596. The smallest absolute Gasteiger partial charge is 0.257 e. The largest absolute Gasteiger partial charge is 0.499 e. The number of imide groups is 1. The van der Waals surface area contributed by atoms with Crippen molar-refractivity contribution in [1.82, 2.24) is 4.90 Å². The fraction of sp³-hybridized carbons (Fsp3) is 0.706. The van der Waals surface area contributed by atoms with Crippen molar-refractivity contribution in [2.45, 2.75) is 64.5 Å². The number of carbonyl (C=O) groups is 3. The predicted octanol–water partition coefficient (Wildman–Crippen LogP) is 0.347. The van der Waals surface area contributed by atoms with Crippen LogP contribution in [0.25, 0.3) is 0 Å². The predicted molar refractivity (Wildman–Crippen MR) is 89.1 cm³/mol. The van der Waals surface area contributed by atoms with E-state index in [1.165, 1.54) is 18.1 Å². The molecule has 1 heterocycles. The first kappa shape index (κ1) is 20.2. The molecular formula is C17H30N3O4+. The van der Waals surface area contributed by atoms with Crippen molar-refractivity contribution in [2.24, 2.45) is 11.7 Å². The van der Waals surface area contributed by atoms with E-state index in [-0.39, 0.29) is 30.2 Å². The minimum Gasteiger partial charge on any atom is -0.499 e. The molecule has 1 aliphatic heterocycles. The fourth-order valence-electron chi connectivity index (χ4n) is 2.98. The van der Waals surface area contributed by atoms with Gasteiger partial charge >= 0.3 is 0 Å². The number of hydrogen-bond donors (Lipinski definition) is 2. The van der Waals surface area contributed by atoms with Gasteiger partial charge in [0.25, 0.3) is 5.91 Å². The Kier molecular flexibility index (Phi) is 7.91. The van der Waals surface area contributed by atoms with Gasteiger partial charge in [-0.25, -0.2) is 0 Å².